The average molecular weight is 279 g/mol. The van der Waals surface area contributed by atoms with Gasteiger partial charge < -0.3 is 10.6 Å². The lowest BCUT2D eigenvalue weighted by Gasteiger charge is -2.26. The predicted octanol–water partition coefficient (Wildman–Crippen LogP) is 3.87. The molecule has 21 heavy (non-hydrogen) atoms. The molecular formula is C18H21N3. The molecule has 0 unspecified atom stereocenters. The number of aryl methyl sites for hydroxylation is 1. The first-order valence-corrected chi connectivity index (χ1v) is 7.24. The zero-order valence-electron chi connectivity index (χ0n) is 12.6. The number of benzene rings is 2. The van der Waals surface area contributed by atoms with E-state index in [1.54, 1.807) is 0 Å². The van der Waals surface area contributed by atoms with Gasteiger partial charge in [0.15, 0.2) is 0 Å². The molecule has 0 atom stereocenters. The zero-order valence-corrected chi connectivity index (χ0v) is 12.6. The Kier molecular flexibility index (Phi) is 4.84. The third-order valence-corrected chi connectivity index (χ3v) is 3.46. The van der Waals surface area contributed by atoms with E-state index in [4.69, 9.17) is 5.73 Å². The van der Waals surface area contributed by atoms with Gasteiger partial charge in [0.1, 0.15) is 6.07 Å². The van der Waals surface area contributed by atoms with Crippen LogP contribution < -0.4 is 10.6 Å². The van der Waals surface area contributed by atoms with E-state index in [0.717, 1.165) is 36.4 Å². The van der Waals surface area contributed by atoms with E-state index in [-0.39, 0.29) is 0 Å². The number of nitrogens with zero attached hydrogens (tertiary/aromatic N) is 2. The number of hydrogen-bond donors (Lipinski definition) is 1. The summed E-state index contributed by atoms with van der Waals surface area (Å²) in [7, 11) is 0. The lowest BCUT2D eigenvalue weighted by molar-refractivity contribution is 0.766. The Labute approximate surface area is 126 Å². The van der Waals surface area contributed by atoms with Gasteiger partial charge in [0, 0.05) is 18.8 Å². The standard InChI is InChI=1S/C18H21N3/c1-3-10-21(13-15-5-8-17(20)9-6-15)18-11-14(2)4-7-16(18)12-19/h4-9,11H,3,10,13,20H2,1-2H3. The van der Waals surface area contributed by atoms with Gasteiger partial charge in [0.2, 0.25) is 0 Å². The Morgan fingerprint density at radius 1 is 1.14 bits per heavy atom. The molecule has 2 aromatic rings. The van der Waals surface area contributed by atoms with E-state index >= 15 is 0 Å². The van der Waals surface area contributed by atoms with Crippen LogP contribution in [0.25, 0.3) is 0 Å². The lowest BCUT2D eigenvalue weighted by Crippen LogP contribution is -2.24. The van der Waals surface area contributed by atoms with Gasteiger partial charge in [-0.1, -0.05) is 25.1 Å². The zero-order chi connectivity index (χ0) is 15.2. The molecule has 0 saturated carbocycles. The summed E-state index contributed by atoms with van der Waals surface area (Å²) < 4.78 is 0. The van der Waals surface area contributed by atoms with Crippen LogP contribution in [0.5, 0.6) is 0 Å². The molecule has 0 aromatic heterocycles. The second-order valence-electron chi connectivity index (χ2n) is 5.30. The fourth-order valence-electron chi connectivity index (χ4n) is 2.40. The number of hydrogen-bond acceptors (Lipinski definition) is 3. The van der Waals surface area contributed by atoms with Crippen molar-refractivity contribution in [1.29, 1.82) is 5.26 Å². The summed E-state index contributed by atoms with van der Waals surface area (Å²) in [6.45, 7) is 5.91. The number of rotatable bonds is 5. The van der Waals surface area contributed by atoms with Gasteiger partial charge in [-0.2, -0.15) is 5.26 Å². The summed E-state index contributed by atoms with van der Waals surface area (Å²) in [5.41, 5.74) is 10.6. The van der Waals surface area contributed by atoms with E-state index in [0.29, 0.717) is 0 Å². The highest BCUT2D eigenvalue weighted by Gasteiger charge is 2.11. The molecule has 0 heterocycles. The van der Waals surface area contributed by atoms with Crippen molar-refractivity contribution in [2.75, 3.05) is 17.2 Å². The Bertz CT molecular complexity index is 639. The number of nitrogens with two attached hydrogens (primary N) is 1. The van der Waals surface area contributed by atoms with E-state index in [1.807, 2.05) is 36.4 Å². The maximum Gasteiger partial charge on any atom is 0.101 e. The van der Waals surface area contributed by atoms with E-state index in [2.05, 4.69) is 30.9 Å². The molecular weight excluding hydrogens is 258 g/mol. The Balaban J connectivity index is 2.32. The number of anilines is 2. The van der Waals surface area contributed by atoms with Gasteiger partial charge in [0.25, 0.3) is 0 Å². The molecule has 0 radical (unpaired) electrons. The van der Waals surface area contributed by atoms with Crippen LogP contribution in [-0.2, 0) is 6.54 Å². The summed E-state index contributed by atoms with van der Waals surface area (Å²) in [6.07, 6.45) is 1.04. The lowest BCUT2D eigenvalue weighted by atomic mass is 10.1. The van der Waals surface area contributed by atoms with E-state index in [9.17, 15) is 5.26 Å². The molecule has 0 amide bonds. The van der Waals surface area contributed by atoms with Crippen molar-refractivity contribution in [3.05, 3.63) is 59.2 Å². The summed E-state index contributed by atoms with van der Waals surface area (Å²) in [5, 5.41) is 9.34. The van der Waals surface area contributed by atoms with Crippen LogP contribution in [0.4, 0.5) is 11.4 Å². The first kappa shape index (κ1) is 14.9. The second kappa shape index (κ2) is 6.81. The highest BCUT2D eigenvalue weighted by Crippen LogP contribution is 2.24. The van der Waals surface area contributed by atoms with Gasteiger partial charge in [0.05, 0.1) is 11.3 Å². The molecule has 0 bridgehead atoms. The minimum atomic E-state index is 0.726. The normalized spacial score (nSPS) is 10.1. The summed E-state index contributed by atoms with van der Waals surface area (Å²) in [5.74, 6) is 0. The van der Waals surface area contributed by atoms with Crippen LogP contribution in [0, 0.1) is 18.3 Å². The Morgan fingerprint density at radius 3 is 2.48 bits per heavy atom. The highest BCUT2D eigenvalue weighted by molar-refractivity contribution is 5.61. The number of nitriles is 1. The molecule has 0 fully saturated rings. The van der Waals surface area contributed by atoms with Gasteiger partial charge >= 0.3 is 0 Å². The van der Waals surface area contributed by atoms with Crippen molar-refractivity contribution in [3.8, 4) is 6.07 Å². The third-order valence-electron chi connectivity index (χ3n) is 3.46. The molecule has 0 aliphatic carbocycles. The summed E-state index contributed by atoms with van der Waals surface area (Å²) >= 11 is 0. The smallest absolute Gasteiger partial charge is 0.101 e. The van der Waals surface area contributed by atoms with Crippen LogP contribution in [0.1, 0.15) is 30.0 Å². The SMILES string of the molecule is CCCN(Cc1ccc(N)cc1)c1cc(C)ccc1C#N. The van der Waals surface area contributed by atoms with Crippen molar-refractivity contribution < 1.29 is 0 Å². The maximum absolute atomic E-state index is 9.34. The van der Waals surface area contributed by atoms with Gasteiger partial charge in [-0.3, -0.25) is 0 Å². The fourth-order valence-corrected chi connectivity index (χ4v) is 2.40. The fraction of sp³-hybridized carbons (Fsp3) is 0.278. The summed E-state index contributed by atoms with van der Waals surface area (Å²) in [6, 6.07) is 16.2. The molecule has 2 N–H and O–H groups in total. The van der Waals surface area contributed by atoms with Crippen molar-refractivity contribution in [3.63, 3.8) is 0 Å². The topological polar surface area (TPSA) is 53.0 Å². The highest BCUT2D eigenvalue weighted by atomic mass is 15.1. The van der Waals surface area contributed by atoms with Crippen LogP contribution in [-0.4, -0.2) is 6.54 Å². The first-order chi connectivity index (χ1) is 10.1. The Hall–Kier alpha value is -2.47. The quantitative estimate of drug-likeness (QED) is 0.845. The molecule has 0 saturated heterocycles. The largest absolute Gasteiger partial charge is 0.399 e. The minimum absolute atomic E-state index is 0.726. The molecule has 2 aromatic carbocycles. The van der Waals surface area contributed by atoms with E-state index < -0.39 is 0 Å². The van der Waals surface area contributed by atoms with Crippen molar-refractivity contribution in [2.45, 2.75) is 26.8 Å². The van der Waals surface area contributed by atoms with Crippen LogP contribution in [0.2, 0.25) is 0 Å². The molecule has 3 heteroatoms. The molecule has 0 aliphatic rings. The second-order valence-corrected chi connectivity index (χ2v) is 5.30. The van der Waals surface area contributed by atoms with Crippen molar-refractivity contribution >= 4 is 11.4 Å². The van der Waals surface area contributed by atoms with Crippen molar-refractivity contribution in [1.82, 2.24) is 0 Å². The van der Waals surface area contributed by atoms with E-state index in [1.165, 1.54) is 11.1 Å². The molecule has 0 aliphatic heterocycles. The van der Waals surface area contributed by atoms with Gasteiger partial charge in [-0.25, -0.2) is 0 Å². The van der Waals surface area contributed by atoms with Crippen LogP contribution in [0.3, 0.4) is 0 Å². The molecule has 108 valence electrons. The number of nitrogen functional groups attached to an aromatic ring is 1. The summed E-state index contributed by atoms with van der Waals surface area (Å²) in [4.78, 5) is 2.26. The third kappa shape index (κ3) is 3.76. The Morgan fingerprint density at radius 2 is 1.86 bits per heavy atom. The monoisotopic (exact) mass is 279 g/mol. The first-order valence-electron chi connectivity index (χ1n) is 7.24. The molecule has 0 spiro atoms. The average Bonchev–Trinajstić information content (AvgIpc) is 2.49. The van der Waals surface area contributed by atoms with Crippen molar-refractivity contribution in [2.24, 2.45) is 0 Å². The van der Waals surface area contributed by atoms with Gasteiger partial charge in [-0.05, 0) is 48.7 Å². The molecule has 2 rings (SSSR count). The van der Waals surface area contributed by atoms with Crippen LogP contribution in [0.15, 0.2) is 42.5 Å². The van der Waals surface area contributed by atoms with Gasteiger partial charge in [-0.15, -0.1) is 0 Å². The maximum atomic E-state index is 9.34. The predicted molar refractivity (Wildman–Crippen MR) is 88.1 cm³/mol. The molecule has 3 nitrogen and oxygen atoms in total. The van der Waals surface area contributed by atoms with Crippen LogP contribution >= 0.6 is 0 Å². The minimum Gasteiger partial charge on any atom is -0.399 e.